The van der Waals surface area contributed by atoms with Crippen molar-refractivity contribution in [3.05, 3.63) is 24.3 Å². The van der Waals surface area contributed by atoms with Gasteiger partial charge in [-0.3, -0.25) is 4.99 Å². The molecule has 0 amide bonds. The molecule has 1 atom stereocenters. The normalized spacial score (nSPS) is 17.1. The second-order valence-corrected chi connectivity index (χ2v) is 8.01. The molecule has 0 saturated carbocycles. The number of guanidine groups is 1. The van der Waals surface area contributed by atoms with Crippen LogP contribution in [-0.2, 0) is 9.47 Å². The van der Waals surface area contributed by atoms with E-state index < -0.39 is 0 Å². The number of benzene rings is 1. The van der Waals surface area contributed by atoms with Gasteiger partial charge in [0.25, 0.3) is 0 Å². The van der Waals surface area contributed by atoms with Crippen LogP contribution in [0.3, 0.4) is 0 Å². The minimum atomic E-state index is 0.173. The first kappa shape index (κ1) is 22.8. The number of aliphatic imine (C=N–C) groups is 1. The summed E-state index contributed by atoms with van der Waals surface area (Å²) in [6, 6.07) is 7.96. The molecule has 1 aliphatic heterocycles. The average molecular weight is 410 g/mol. The smallest absolute Gasteiger partial charge is 0.195 e. The van der Waals surface area contributed by atoms with Crippen molar-refractivity contribution in [1.82, 2.24) is 5.32 Å². The van der Waals surface area contributed by atoms with Gasteiger partial charge in [-0.1, -0.05) is 0 Å². The van der Waals surface area contributed by atoms with Gasteiger partial charge in [0.2, 0.25) is 0 Å². The summed E-state index contributed by atoms with van der Waals surface area (Å²) in [5.74, 6) is 2.70. The molecule has 0 spiro atoms. The van der Waals surface area contributed by atoms with Gasteiger partial charge in [-0.2, -0.15) is 11.8 Å². The number of nitrogens with one attached hydrogen (secondary N) is 2. The van der Waals surface area contributed by atoms with Crippen LogP contribution in [0.25, 0.3) is 0 Å². The van der Waals surface area contributed by atoms with E-state index in [1.165, 1.54) is 0 Å². The van der Waals surface area contributed by atoms with Gasteiger partial charge >= 0.3 is 0 Å². The summed E-state index contributed by atoms with van der Waals surface area (Å²) in [5, 5.41) is 6.74. The fourth-order valence-corrected chi connectivity index (χ4v) is 3.09. The topological polar surface area (TPSA) is 64.1 Å². The summed E-state index contributed by atoms with van der Waals surface area (Å²) in [7, 11) is 0. The molecule has 2 N–H and O–H groups in total. The van der Waals surface area contributed by atoms with Gasteiger partial charge in [-0.05, 0) is 63.6 Å². The molecular formula is C21H35N3O3S. The molecular weight excluding hydrogens is 374 g/mol. The maximum atomic E-state index is 5.71. The van der Waals surface area contributed by atoms with Crippen LogP contribution in [0.5, 0.6) is 5.75 Å². The van der Waals surface area contributed by atoms with Crippen LogP contribution in [0, 0.1) is 0 Å². The van der Waals surface area contributed by atoms with Crippen LogP contribution in [0.4, 0.5) is 5.69 Å². The van der Waals surface area contributed by atoms with Crippen molar-refractivity contribution in [3.63, 3.8) is 0 Å². The van der Waals surface area contributed by atoms with E-state index in [9.17, 15) is 0 Å². The second-order valence-electron chi connectivity index (χ2n) is 7.03. The van der Waals surface area contributed by atoms with E-state index in [-0.39, 0.29) is 12.2 Å². The molecule has 0 aliphatic carbocycles. The summed E-state index contributed by atoms with van der Waals surface area (Å²) in [6.07, 6.45) is 5.73. The van der Waals surface area contributed by atoms with E-state index in [1.54, 1.807) is 0 Å². The highest BCUT2D eigenvalue weighted by molar-refractivity contribution is 7.98. The predicted molar refractivity (Wildman–Crippen MR) is 119 cm³/mol. The Bertz CT molecular complexity index is 561. The first-order valence-electron chi connectivity index (χ1n) is 10.2. The summed E-state index contributed by atoms with van der Waals surface area (Å²) < 4.78 is 17.0. The molecule has 28 heavy (non-hydrogen) atoms. The molecule has 0 bridgehead atoms. The van der Waals surface area contributed by atoms with Gasteiger partial charge in [-0.25, -0.2) is 0 Å². The Labute approximate surface area is 173 Å². The van der Waals surface area contributed by atoms with E-state index in [0.717, 1.165) is 55.6 Å². The van der Waals surface area contributed by atoms with E-state index in [1.807, 2.05) is 49.9 Å². The van der Waals surface area contributed by atoms with Gasteiger partial charge < -0.3 is 24.8 Å². The molecule has 1 aliphatic rings. The van der Waals surface area contributed by atoms with Crippen LogP contribution < -0.4 is 15.4 Å². The zero-order valence-corrected chi connectivity index (χ0v) is 18.2. The van der Waals surface area contributed by atoms with E-state index >= 15 is 0 Å². The third-order valence-electron chi connectivity index (χ3n) is 4.13. The Morgan fingerprint density at radius 3 is 2.82 bits per heavy atom. The van der Waals surface area contributed by atoms with Gasteiger partial charge in [-0.15, -0.1) is 0 Å². The molecule has 0 radical (unpaired) electrons. The van der Waals surface area contributed by atoms with Crippen molar-refractivity contribution >= 4 is 23.4 Å². The van der Waals surface area contributed by atoms with E-state index in [0.29, 0.717) is 19.8 Å². The van der Waals surface area contributed by atoms with Crippen molar-refractivity contribution in [3.8, 4) is 5.75 Å². The SMILES string of the molecule is CSCCNC(=NCCCOCC1CCCO1)Nc1ccc(OC(C)C)cc1. The molecule has 1 aromatic rings. The van der Waals surface area contributed by atoms with Crippen LogP contribution in [0.1, 0.15) is 33.1 Å². The Morgan fingerprint density at radius 1 is 1.32 bits per heavy atom. The lowest BCUT2D eigenvalue weighted by atomic mass is 10.2. The lowest BCUT2D eigenvalue weighted by Gasteiger charge is -2.14. The maximum absolute atomic E-state index is 5.71. The lowest BCUT2D eigenvalue weighted by Crippen LogP contribution is -2.32. The molecule has 1 saturated heterocycles. The van der Waals surface area contributed by atoms with E-state index in [4.69, 9.17) is 14.2 Å². The first-order chi connectivity index (χ1) is 13.7. The highest BCUT2D eigenvalue weighted by Gasteiger charge is 2.14. The molecule has 1 fully saturated rings. The Morgan fingerprint density at radius 2 is 2.14 bits per heavy atom. The van der Waals surface area contributed by atoms with Crippen molar-refractivity contribution < 1.29 is 14.2 Å². The number of nitrogens with zero attached hydrogens (tertiary/aromatic N) is 1. The summed E-state index contributed by atoms with van der Waals surface area (Å²) >= 11 is 1.81. The van der Waals surface area contributed by atoms with E-state index in [2.05, 4.69) is 21.9 Å². The molecule has 6 nitrogen and oxygen atoms in total. The molecule has 7 heteroatoms. The molecule has 0 aromatic heterocycles. The van der Waals surface area contributed by atoms with Gasteiger partial charge in [0.05, 0.1) is 18.8 Å². The molecule has 1 unspecified atom stereocenters. The van der Waals surface area contributed by atoms with Crippen LogP contribution in [0.15, 0.2) is 29.3 Å². The molecule has 1 heterocycles. The Balaban J connectivity index is 1.76. The summed E-state index contributed by atoms with van der Waals surface area (Å²) in [6.45, 7) is 7.92. The fraction of sp³-hybridized carbons (Fsp3) is 0.667. The van der Waals surface area contributed by atoms with Gasteiger partial charge in [0.15, 0.2) is 5.96 Å². The quantitative estimate of drug-likeness (QED) is 0.311. The Hall–Kier alpha value is -1.44. The summed E-state index contributed by atoms with van der Waals surface area (Å²) in [5.41, 5.74) is 0.987. The molecule has 158 valence electrons. The highest BCUT2D eigenvalue weighted by atomic mass is 32.2. The Kier molecular flexibility index (Phi) is 11.2. The van der Waals surface area contributed by atoms with Crippen molar-refractivity contribution in [2.75, 3.05) is 50.2 Å². The molecule has 1 aromatic carbocycles. The van der Waals surface area contributed by atoms with Crippen molar-refractivity contribution in [2.45, 2.75) is 45.3 Å². The zero-order chi connectivity index (χ0) is 20.0. The number of anilines is 1. The monoisotopic (exact) mass is 409 g/mol. The number of ether oxygens (including phenoxy) is 3. The first-order valence-corrected chi connectivity index (χ1v) is 11.6. The van der Waals surface area contributed by atoms with Crippen LogP contribution in [-0.4, -0.2) is 63.1 Å². The minimum absolute atomic E-state index is 0.173. The standard InChI is InChI=1S/C21H35N3O3S/c1-17(2)27-19-9-7-18(8-10-19)24-21(23-12-15-28-3)22-11-5-13-25-16-20-6-4-14-26-20/h7-10,17,20H,4-6,11-16H2,1-3H3,(H2,22,23,24). The summed E-state index contributed by atoms with van der Waals surface area (Å²) in [4.78, 5) is 4.67. The third kappa shape index (κ3) is 9.66. The third-order valence-corrected chi connectivity index (χ3v) is 4.74. The maximum Gasteiger partial charge on any atom is 0.195 e. The van der Waals surface area contributed by atoms with Crippen LogP contribution >= 0.6 is 11.8 Å². The number of hydrogen-bond acceptors (Lipinski definition) is 5. The fourth-order valence-electron chi connectivity index (χ4n) is 2.78. The molecule has 2 rings (SSSR count). The van der Waals surface area contributed by atoms with Gasteiger partial charge in [0.1, 0.15) is 5.75 Å². The lowest BCUT2D eigenvalue weighted by molar-refractivity contribution is 0.0171. The minimum Gasteiger partial charge on any atom is -0.491 e. The average Bonchev–Trinajstić information content (AvgIpc) is 3.19. The largest absolute Gasteiger partial charge is 0.491 e. The zero-order valence-electron chi connectivity index (χ0n) is 17.4. The van der Waals surface area contributed by atoms with Crippen molar-refractivity contribution in [1.29, 1.82) is 0 Å². The highest BCUT2D eigenvalue weighted by Crippen LogP contribution is 2.17. The predicted octanol–water partition coefficient (Wildman–Crippen LogP) is 3.78. The second kappa shape index (κ2) is 13.7. The number of hydrogen-bond donors (Lipinski definition) is 2. The van der Waals surface area contributed by atoms with Crippen LogP contribution in [0.2, 0.25) is 0 Å². The van der Waals surface area contributed by atoms with Gasteiger partial charge in [0, 0.05) is 37.7 Å². The number of rotatable bonds is 12. The number of thioether (sulfide) groups is 1. The van der Waals surface area contributed by atoms with Crippen molar-refractivity contribution in [2.24, 2.45) is 4.99 Å².